The Morgan fingerprint density at radius 3 is 2.65 bits per heavy atom. The fourth-order valence-corrected chi connectivity index (χ4v) is 2.55. The molecule has 2 rings (SSSR count). The summed E-state index contributed by atoms with van der Waals surface area (Å²) in [5.41, 5.74) is 1.06. The molecule has 3 nitrogen and oxygen atoms in total. The van der Waals surface area contributed by atoms with Crippen LogP contribution in [0, 0.1) is 0 Å². The summed E-state index contributed by atoms with van der Waals surface area (Å²) in [7, 11) is 0. The van der Waals surface area contributed by atoms with E-state index in [0.29, 0.717) is 5.02 Å². The predicted molar refractivity (Wildman–Crippen MR) is 84.3 cm³/mol. The van der Waals surface area contributed by atoms with Gasteiger partial charge in [0, 0.05) is 23.3 Å². The van der Waals surface area contributed by atoms with Crippen molar-refractivity contribution < 1.29 is 0 Å². The maximum absolute atomic E-state index is 5.82. The Bertz CT molecular complexity index is 528. The van der Waals surface area contributed by atoms with Crippen molar-refractivity contribution in [3.63, 3.8) is 0 Å². The standard InChI is InChI=1S/C15H18ClN3S/c1-3-8-17-11(2)14-6-5-13(10-18-14)20-15-7-4-12(16)9-19-15/h4-7,9-11,17H,3,8H2,1-2H3. The molecule has 0 saturated carbocycles. The van der Waals surface area contributed by atoms with E-state index in [-0.39, 0.29) is 6.04 Å². The lowest BCUT2D eigenvalue weighted by atomic mass is 10.2. The lowest BCUT2D eigenvalue weighted by Gasteiger charge is -2.12. The van der Waals surface area contributed by atoms with Crippen LogP contribution in [0.15, 0.2) is 46.6 Å². The largest absolute Gasteiger partial charge is 0.309 e. The van der Waals surface area contributed by atoms with Crippen molar-refractivity contribution in [2.24, 2.45) is 0 Å². The molecule has 0 aliphatic rings. The molecule has 1 unspecified atom stereocenters. The summed E-state index contributed by atoms with van der Waals surface area (Å²) in [5.74, 6) is 0. The molecule has 0 fully saturated rings. The molecule has 20 heavy (non-hydrogen) atoms. The summed E-state index contributed by atoms with van der Waals surface area (Å²) < 4.78 is 0. The van der Waals surface area contributed by atoms with Crippen LogP contribution in [-0.4, -0.2) is 16.5 Å². The van der Waals surface area contributed by atoms with E-state index in [1.165, 1.54) is 0 Å². The van der Waals surface area contributed by atoms with Gasteiger partial charge in [0.2, 0.25) is 0 Å². The Morgan fingerprint density at radius 2 is 2.05 bits per heavy atom. The van der Waals surface area contributed by atoms with Gasteiger partial charge in [-0.15, -0.1) is 0 Å². The molecular weight excluding hydrogens is 290 g/mol. The molecule has 0 aliphatic heterocycles. The molecular formula is C15H18ClN3S. The van der Waals surface area contributed by atoms with E-state index in [9.17, 15) is 0 Å². The van der Waals surface area contributed by atoms with E-state index in [4.69, 9.17) is 11.6 Å². The maximum atomic E-state index is 5.82. The smallest absolute Gasteiger partial charge is 0.101 e. The molecule has 0 aromatic carbocycles. The Kier molecular flexibility index (Phi) is 5.83. The third kappa shape index (κ3) is 4.47. The normalized spacial score (nSPS) is 12.3. The quantitative estimate of drug-likeness (QED) is 0.861. The zero-order valence-corrected chi connectivity index (χ0v) is 13.2. The lowest BCUT2D eigenvalue weighted by molar-refractivity contribution is 0.558. The van der Waals surface area contributed by atoms with Gasteiger partial charge in [0.05, 0.1) is 10.7 Å². The van der Waals surface area contributed by atoms with Crippen LogP contribution >= 0.6 is 23.4 Å². The van der Waals surface area contributed by atoms with E-state index >= 15 is 0 Å². The molecule has 5 heteroatoms. The molecule has 2 aromatic rings. The molecule has 0 saturated heterocycles. The van der Waals surface area contributed by atoms with Crippen LogP contribution in [0.4, 0.5) is 0 Å². The molecule has 0 amide bonds. The first-order valence-corrected chi connectivity index (χ1v) is 7.87. The first kappa shape index (κ1) is 15.3. The highest BCUT2D eigenvalue weighted by atomic mass is 35.5. The minimum atomic E-state index is 0.280. The average molecular weight is 308 g/mol. The lowest BCUT2D eigenvalue weighted by Crippen LogP contribution is -2.20. The van der Waals surface area contributed by atoms with Gasteiger partial charge in [-0.1, -0.05) is 30.3 Å². The number of nitrogens with zero attached hydrogens (tertiary/aromatic N) is 2. The Balaban J connectivity index is 1.99. The van der Waals surface area contributed by atoms with Crippen molar-refractivity contribution in [1.82, 2.24) is 15.3 Å². The topological polar surface area (TPSA) is 37.8 Å². The van der Waals surface area contributed by atoms with Crippen LogP contribution in [0.3, 0.4) is 0 Å². The molecule has 0 bridgehead atoms. The summed E-state index contributed by atoms with van der Waals surface area (Å²) in [6, 6.07) is 8.17. The van der Waals surface area contributed by atoms with Crippen molar-refractivity contribution >= 4 is 23.4 Å². The Hall–Kier alpha value is -1.10. The molecule has 0 radical (unpaired) electrons. The minimum Gasteiger partial charge on any atom is -0.309 e. The number of pyridine rings is 2. The highest BCUT2D eigenvalue weighted by Gasteiger charge is 2.06. The molecule has 0 spiro atoms. The van der Waals surface area contributed by atoms with Crippen molar-refractivity contribution in [3.05, 3.63) is 47.4 Å². The van der Waals surface area contributed by atoms with Crippen LogP contribution in [0.2, 0.25) is 5.02 Å². The fraction of sp³-hybridized carbons (Fsp3) is 0.333. The summed E-state index contributed by atoms with van der Waals surface area (Å²) in [6.07, 6.45) is 4.67. The summed E-state index contributed by atoms with van der Waals surface area (Å²) in [4.78, 5) is 9.85. The van der Waals surface area contributed by atoms with Gasteiger partial charge in [0.1, 0.15) is 5.03 Å². The zero-order valence-electron chi connectivity index (χ0n) is 11.6. The second kappa shape index (κ2) is 7.62. The second-order valence-electron chi connectivity index (χ2n) is 4.51. The van der Waals surface area contributed by atoms with E-state index in [1.807, 2.05) is 18.3 Å². The van der Waals surface area contributed by atoms with Crippen molar-refractivity contribution in [1.29, 1.82) is 0 Å². The van der Waals surface area contributed by atoms with Crippen LogP contribution < -0.4 is 5.32 Å². The summed E-state index contributed by atoms with van der Waals surface area (Å²) >= 11 is 7.40. The van der Waals surface area contributed by atoms with Gasteiger partial charge in [-0.3, -0.25) is 4.98 Å². The first-order chi connectivity index (χ1) is 9.69. The van der Waals surface area contributed by atoms with Gasteiger partial charge >= 0.3 is 0 Å². The third-order valence-corrected chi connectivity index (χ3v) is 3.98. The van der Waals surface area contributed by atoms with E-state index < -0.39 is 0 Å². The van der Waals surface area contributed by atoms with Crippen LogP contribution in [-0.2, 0) is 0 Å². The van der Waals surface area contributed by atoms with Crippen LogP contribution in [0.25, 0.3) is 0 Å². The Morgan fingerprint density at radius 1 is 1.20 bits per heavy atom. The Labute approximate surface area is 129 Å². The molecule has 2 heterocycles. The average Bonchev–Trinajstić information content (AvgIpc) is 2.48. The minimum absolute atomic E-state index is 0.280. The summed E-state index contributed by atoms with van der Waals surface area (Å²) in [6.45, 7) is 5.30. The van der Waals surface area contributed by atoms with Gasteiger partial charge in [0.15, 0.2) is 0 Å². The van der Waals surface area contributed by atoms with Gasteiger partial charge in [-0.25, -0.2) is 4.98 Å². The molecule has 106 valence electrons. The third-order valence-electron chi connectivity index (χ3n) is 2.83. The first-order valence-electron chi connectivity index (χ1n) is 6.67. The number of hydrogen-bond donors (Lipinski definition) is 1. The van der Waals surface area contributed by atoms with E-state index in [0.717, 1.165) is 28.6 Å². The van der Waals surface area contributed by atoms with Crippen LogP contribution in [0.1, 0.15) is 32.0 Å². The van der Waals surface area contributed by atoms with Gasteiger partial charge < -0.3 is 5.32 Å². The highest BCUT2D eigenvalue weighted by Crippen LogP contribution is 2.26. The fourth-order valence-electron chi connectivity index (χ4n) is 1.72. The SMILES string of the molecule is CCCNC(C)c1ccc(Sc2ccc(Cl)cn2)cn1. The molecule has 0 aliphatic carbocycles. The van der Waals surface area contributed by atoms with Crippen LogP contribution in [0.5, 0.6) is 0 Å². The van der Waals surface area contributed by atoms with Gasteiger partial charge in [-0.05, 0) is 44.2 Å². The number of rotatable bonds is 6. The summed E-state index contributed by atoms with van der Waals surface area (Å²) in [5, 5.41) is 5.00. The molecule has 1 atom stereocenters. The molecule has 2 aromatic heterocycles. The van der Waals surface area contributed by atoms with E-state index in [1.54, 1.807) is 18.0 Å². The van der Waals surface area contributed by atoms with Crippen molar-refractivity contribution in [2.75, 3.05) is 6.54 Å². The van der Waals surface area contributed by atoms with Gasteiger partial charge in [-0.2, -0.15) is 0 Å². The predicted octanol–water partition coefficient (Wildman–Crippen LogP) is 4.34. The van der Waals surface area contributed by atoms with Crippen molar-refractivity contribution in [2.45, 2.75) is 36.2 Å². The monoisotopic (exact) mass is 307 g/mol. The number of nitrogens with one attached hydrogen (secondary N) is 1. The second-order valence-corrected chi connectivity index (χ2v) is 6.04. The number of halogens is 1. The number of hydrogen-bond acceptors (Lipinski definition) is 4. The van der Waals surface area contributed by atoms with Crippen molar-refractivity contribution in [3.8, 4) is 0 Å². The van der Waals surface area contributed by atoms with Gasteiger partial charge in [0.25, 0.3) is 0 Å². The van der Waals surface area contributed by atoms with E-state index in [2.05, 4.69) is 41.3 Å². The number of aromatic nitrogens is 2. The molecule has 1 N–H and O–H groups in total. The highest BCUT2D eigenvalue weighted by molar-refractivity contribution is 7.99. The maximum Gasteiger partial charge on any atom is 0.101 e. The zero-order chi connectivity index (χ0) is 14.4.